The van der Waals surface area contributed by atoms with Crippen LogP contribution in [0.4, 0.5) is 0 Å². The van der Waals surface area contributed by atoms with E-state index < -0.39 is 45.7 Å². The summed E-state index contributed by atoms with van der Waals surface area (Å²) in [5.74, 6) is -0.774. The van der Waals surface area contributed by atoms with E-state index in [2.05, 4.69) is 6.92 Å². The predicted octanol–water partition coefficient (Wildman–Crippen LogP) is 2.36. The summed E-state index contributed by atoms with van der Waals surface area (Å²) in [5.41, 5.74) is -5.35. The zero-order valence-electron chi connectivity index (χ0n) is 21.5. The van der Waals surface area contributed by atoms with Crippen LogP contribution in [0.2, 0.25) is 0 Å². The number of alkyl halides is 1. The molecule has 0 amide bonds. The molecular formula is C28H39ClO7. The van der Waals surface area contributed by atoms with Crippen molar-refractivity contribution in [2.45, 2.75) is 101 Å². The van der Waals surface area contributed by atoms with Crippen molar-refractivity contribution >= 4 is 23.4 Å². The number of esters is 1. The van der Waals surface area contributed by atoms with Gasteiger partial charge >= 0.3 is 5.97 Å². The summed E-state index contributed by atoms with van der Waals surface area (Å²) >= 11 is 6.83. The van der Waals surface area contributed by atoms with Gasteiger partial charge in [0, 0.05) is 12.3 Å². The SMILES string of the molecule is C[C@]1(O)C[C@@H]2OC(=O)[C@]1(C)C[C@H]2C1[C@H](O)C[C@H]2[C@@H]3C[C@H](Cl)[C@]4(O)[C@@H](O)C=CC(=O)[C@]4(C)[C@H]3CC[C@]12C. The molecule has 36 heavy (non-hydrogen) atoms. The molecule has 7 aliphatic rings. The van der Waals surface area contributed by atoms with Gasteiger partial charge in [0.1, 0.15) is 17.8 Å². The maximum absolute atomic E-state index is 13.3. The Morgan fingerprint density at radius 2 is 1.69 bits per heavy atom. The Hall–Kier alpha value is -0.990. The third-order valence-corrected chi connectivity index (χ3v) is 13.1. The van der Waals surface area contributed by atoms with Crippen molar-refractivity contribution in [2.24, 2.45) is 45.8 Å². The van der Waals surface area contributed by atoms with Crippen LogP contribution >= 0.6 is 11.6 Å². The number of carbonyl (C=O) groups excluding carboxylic acids is 2. The van der Waals surface area contributed by atoms with Gasteiger partial charge in [0.25, 0.3) is 0 Å². The van der Waals surface area contributed by atoms with Crippen LogP contribution in [-0.2, 0) is 14.3 Å². The fourth-order valence-electron chi connectivity index (χ4n) is 10.2. The molecule has 2 saturated heterocycles. The van der Waals surface area contributed by atoms with E-state index in [4.69, 9.17) is 16.3 Å². The summed E-state index contributed by atoms with van der Waals surface area (Å²) in [4.78, 5) is 26.1. The van der Waals surface area contributed by atoms with Gasteiger partial charge in [-0.15, -0.1) is 11.6 Å². The van der Waals surface area contributed by atoms with E-state index in [1.54, 1.807) is 20.8 Å². The third kappa shape index (κ3) is 2.70. The van der Waals surface area contributed by atoms with Gasteiger partial charge in [-0.25, -0.2) is 0 Å². The fourth-order valence-corrected chi connectivity index (χ4v) is 10.8. The summed E-state index contributed by atoms with van der Waals surface area (Å²) in [6, 6.07) is 0. The minimum Gasteiger partial charge on any atom is -0.461 e. The van der Waals surface area contributed by atoms with Gasteiger partial charge < -0.3 is 25.2 Å². The fraction of sp³-hybridized carbons (Fsp3) is 0.857. The average molecular weight is 523 g/mol. The van der Waals surface area contributed by atoms with Gasteiger partial charge in [0.05, 0.1) is 27.9 Å². The molecule has 0 aromatic carbocycles. The Morgan fingerprint density at radius 1 is 1.00 bits per heavy atom. The highest BCUT2D eigenvalue weighted by molar-refractivity contribution is 6.22. The molecule has 1 unspecified atom stereocenters. The molecule has 0 aromatic heterocycles. The number of hydrogen-bond acceptors (Lipinski definition) is 7. The van der Waals surface area contributed by atoms with Crippen molar-refractivity contribution in [3.8, 4) is 0 Å². The average Bonchev–Trinajstić information content (AvgIpc) is 3.06. The molecule has 200 valence electrons. The first-order chi connectivity index (χ1) is 16.6. The topological polar surface area (TPSA) is 124 Å². The molecule has 8 heteroatoms. The molecular weight excluding hydrogens is 484 g/mol. The zero-order chi connectivity index (χ0) is 26.2. The minimum absolute atomic E-state index is 0.0147. The van der Waals surface area contributed by atoms with E-state index in [1.165, 1.54) is 12.2 Å². The highest BCUT2D eigenvalue weighted by Crippen LogP contribution is 2.70. The van der Waals surface area contributed by atoms with Gasteiger partial charge in [-0.3, -0.25) is 9.59 Å². The van der Waals surface area contributed by atoms with Crippen LogP contribution in [-0.4, -0.2) is 67.1 Å². The Bertz CT molecular complexity index is 1040. The quantitative estimate of drug-likeness (QED) is 0.308. The van der Waals surface area contributed by atoms with Crippen LogP contribution in [0.15, 0.2) is 12.2 Å². The normalized spacial score (nSPS) is 61.9. The molecule has 4 N–H and O–H groups in total. The number of carbonyl (C=O) groups is 2. The number of allylic oxidation sites excluding steroid dienone is 1. The largest absolute Gasteiger partial charge is 0.461 e. The van der Waals surface area contributed by atoms with E-state index in [9.17, 15) is 30.0 Å². The summed E-state index contributed by atoms with van der Waals surface area (Å²) < 4.78 is 5.83. The Balaban J connectivity index is 1.36. The lowest BCUT2D eigenvalue weighted by molar-refractivity contribution is -0.247. The number of ketones is 1. The second-order valence-corrected chi connectivity index (χ2v) is 14.3. The lowest BCUT2D eigenvalue weighted by atomic mass is 9.42. The van der Waals surface area contributed by atoms with Crippen LogP contribution in [0.25, 0.3) is 0 Å². The molecule has 4 saturated carbocycles. The van der Waals surface area contributed by atoms with Crippen molar-refractivity contribution < 1.29 is 34.8 Å². The van der Waals surface area contributed by atoms with Gasteiger partial charge in [-0.2, -0.15) is 0 Å². The van der Waals surface area contributed by atoms with Crippen LogP contribution in [0.1, 0.15) is 66.2 Å². The summed E-state index contributed by atoms with van der Waals surface area (Å²) in [6.45, 7) is 7.49. The van der Waals surface area contributed by atoms with E-state index >= 15 is 0 Å². The Labute approximate surface area is 217 Å². The number of rotatable bonds is 1. The number of hydrogen-bond donors (Lipinski definition) is 4. The number of aliphatic hydroxyl groups is 4. The highest BCUT2D eigenvalue weighted by atomic mass is 35.5. The first-order valence-electron chi connectivity index (χ1n) is 13.5. The highest BCUT2D eigenvalue weighted by Gasteiger charge is 2.73. The van der Waals surface area contributed by atoms with Crippen molar-refractivity contribution in [2.75, 3.05) is 0 Å². The number of ether oxygens (including phenoxy) is 1. The first-order valence-corrected chi connectivity index (χ1v) is 14.0. The van der Waals surface area contributed by atoms with Crippen molar-refractivity contribution in [1.82, 2.24) is 0 Å². The standard InChI is InChI=1S/C28H39ClO7/c1-24-8-7-15-13(9-19(29)28(35)21(32)6-5-20(31)27(15,28)4)16(24)10-17(30)22(24)14-11-25(2)23(33)36-18(14)12-26(25,3)34/h5-6,13-19,21-22,30,32,34-35H,7-12H2,1-4H3/t13-,14-,15+,16+,17-,18+,19+,21+,22?,24+,25+,26+,27+,28+/m1/s1. The monoisotopic (exact) mass is 522 g/mol. The van der Waals surface area contributed by atoms with Crippen molar-refractivity contribution in [1.29, 1.82) is 0 Å². The predicted molar refractivity (Wildman–Crippen MR) is 131 cm³/mol. The van der Waals surface area contributed by atoms with E-state index in [0.29, 0.717) is 32.1 Å². The molecule has 0 radical (unpaired) electrons. The summed E-state index contributed by atoms with van der Waals surface area (Å²) in [7, 11) is 0. The van der Waals surface area contributed by atoms with Crippen molar-refractivity contribution in [3.05, 3.63) is 12.2 Å². The first kappa shape index (κ1) is 25.3. The molecule has 5 aliphatic carbocycles. The van der Waals surface area contributed by atoms with Gasteiger partial charge in [0.15, 0.2) is 5.78 Å². The summed E-state index contributed by atoms with van der Waals surface area (Å²) in [6.07, 6.45) is 3.83. The molecule has 14 atom stereocenters. The van der Waals surface area contributed by atoms with Crippen LogP contribution in [0.5, 0.6) is 0 Å². The number of aliphatic hydroxyl groups excluding tert-OH is 2. The number of fused-ring (bicyclic) bond motifs is 8. The third-order valence-electron chi connectivity index (χ3n) is 12.5. The van der Waals surface area contributed by atoms with Crippen LogP contribution < -0.4 is 0 Å². The number of halogens is 1. The van der Waals surface area contributed by atoms with Gasteiger partial charge in [0.2, 0.25) is 0 Å². The molecule has 2 bridgehead atoms. The smallest absolute Gasteiger partial charge is 0.315 e. The Kier molecular flexibility index (Phi) is 5.16. The molecule has 2 aliphatic heterocycles. The molecule has 7 rings (SSSR count). The maximum Gasteiger partial charge on any atom is 0.315 e. The molecule has 6 fully saturated rings. The van der Waals surface area contributed by atoms with Gasteiger partial charge in [-0.05, 0) is 94.1 Å². The second-order valence-electron chi connectivity index (χ2n) is 13.8. The summed E-state index contributed by atoms with van der Waals surface area (Å²) in [5, 5.41) is 44.3. The zero-order valence-corrected chi connectivity index (χ0v) is 22.2. The van der Waals surface area contributed by atoms with Crippen molar-refractivity contribution in [3.63, 3.8) is 0 Å². The lowest BCUT2D eigenvalue weighted by Crippen LogP contribution is -2.72. The van der Waals surface area contributed by atoms with E-state index in [-0.39, 0.29) is 46.8 Å². The molecule has 2 heterocycles. The Morgan fingerprint density at radius 3 is 2.36 bits per heavy atom. The molecule has 0 spiro atoms. The van der Waals surface area contributed by atoms with Crippen LogP contribution in [0.3, 0.4) is 0 Å². The maximum atomic E-state index is 13.3. The van der Waals surface area contributed by atoms with E-state index in [0.717, 1.165) is 6.42 Å². The van der Waals surface area contributed by atoms with E-state index in [1.807, 2.05) is 0 Å². The lowest BCUT2D eigenvalue weighted by Gasteiger charge is -2.64. The minimum atomic E-state index is -1.73. The molecule has 0 aromatic rings. The van der Waals surface area contributed by atoms with Gasteiger partial charge in [-0.1, -0.05) is 6.92 Å². The second kappa shape index (κ2) is 7.35. The molecule has 7 nitrogen and oxygen atoms in total. The van der Waals surface area contributed by atoms with Crippen LogP contribution in [0, 0.1) is 45.8 Å².